The van der Waals surface area contributed by atoms with Crippen LogP contribution in [-0.2, 0) is 5.41 Å². The Morgan fingerprint density at radius 1 is 0.392 bits per heavy atom. The summed E-state index contributed by atoms with van der Waals surface area (Å²) in [6.45, 7) is 4.13. The van der Waals surface area contributed by atoms with Crippen LogP contribution in [0, 0.1) is 13.8 Å². The van der Waals surface area contributed by atoms with Crippen molar-refractivity contribution in [1.82, 2.24) is 15.0 Å². The molecule has 1 spiro atoms. The molecule has 2 heterocycles. The van der Waals surface area contributed by atoms with Gasteiger partial charge in [-0.15, -0.1) is 0 Å². The van der Waals surface area contributed by atoms with Crippen LogP contribution in [0.2, 0.25) is 0 Å². The second-order valence-electron chi connectivity index (χ2n) is 13.7. The summed E-state index contributed by atoms with van der Waals surface area (Å²) >= 11 is 0. The lowest BCUT2D eigenvalue weighted by atomic mass is 9.70. The molecule has 0 N–H and O–H groups in total. The van der Waals surface area contributed by atoms with Crippen LogP contribution in [-0.4, -0.2) is 15.0 Å². The predicted molar refractivity (Wildman–Crippen MR) is 207 cm³/mol. The number of aryl methyl sites for hydroxylation is 2. The van der Waals surface area contributed by atoms with Gasteiger partial charge in [-0.25, -0.2) is 9.97 Å². The molecule has 2 aliphatic carbocycles. The molecule has 51 heavy (non-hydrogen) atoms. The zero-order valence-corrected chi connectivity index (χ0v) is 28.4. The molecule has 0 fully saturated rings. The third-order valence-corrected chi connectivity index (χ3v) is 10.8. The normalized spacial score (nSPS) is 13.1. The molecular formula is C48H33N3. The van der Waals surface area contributed by atoms with Gasteiger partial charge in [0.2, 0.25) is 0 Å². The third kappa shape index (κ3) is 4.41. The largest absolute Gasteiger partial charge is 0.264 e. The van der Waals surface area contributed by atoms with Crippen molar-refractivity contribution in [3.63, 3.8) is 0 Å². The summed E-state index contributed by atoms with van der Waals surface area (Å²) in [4.78, 5) is 14.3. The van der Waals surface area contributed by atoms with Gasteiger partial charge in [0.1, 0.15) is 5.82 Å². The van der Waals surface area contributed by atoms with Gasteiger partial charge >= 0.3 is 0 Å². The average molecular weight is 652 g/mol. The van der Waals surface area contributed by atoms with Crippen LogP contribution in [0.5, 0.6) is 0 Å². The summed E-state index contributed by atoms with van der Waals surface area (Å²) in [5, 5.41) is 0. The van der Waals surface area contributed by atoms with Gasteiger partial charge in [0.15, 0.2) is 0 Å². The van der Waals surface area contributed by atoms with Crippen molar-refractivity contribution in [1.29, 1.82) is 0 Å². The molecule has 3 heteroatoms. The Hall–Kier alpha value is -6.45. The summed E-state index contributed by atoms with van der Waals surface area (Å²) in [6.07, 6.45) is 3.83. The molecule has 0 saturated carbocycles. The van der Waals surface area contributed by atoms with E-state index in [1.54, 1.807) is 0 Å². The van der Waals surface area contributed by atoms with Crippen LogP contribution in [0.25, 0.3) is 67.0 Å². The fraction of sp³-hybridized carbons (Fsp3) is 0.0625. The Labute approximate surface area is 298 Å². The van der Waals surface area contributed by atoms with E-state index in [9.17, 15) is 0 Å². The van der Waals surface area contributed by atoms with Crippen molar-refractivity contribution in [3.05, 3.63) is 198 Å². The number of pyridine rings is 1. The minimum absolute atomic E-state index is 0.450. The number of rotatable bonds is 4. The van der Waals surface area contributed by atoms with Crippen molar-refractivity contribution in [2.24, 2.45) is 0 Å². The van der Waals surface area contributed by atoms with Crippen molar-refractivity contribution in [3.8, 4) is 67.0 Å². The van der Waals surface area contributed by atoms with Crippen LogP contribution in [0.1, 0.15) is 33.6 Å². The average Bonchev–Trinajstić information content (AvgIpc) is 3.65. The first-order chi connectivity index (χ1) is 25.1. The molecule has 0 radical (unpaired) electrons. The van der Waals surface area contributed by atoms with Crippen molar-refractivity contribution < 1.29 is 0 Å². The lowest BCUT2D eigenvalue weighted by Gasteiger charge is -2.30. The monoisotopic (exact) mass is 651 g/mol. The first kappa shape index (κ1) is 29.5. The molecule has 0 bridgehead atoms. The van der Waals surface area contributed by atoms with E-state index < -0.39 is 5.41 Å². The molecule has 240 valence electrons. The molecule has 0 unspecified atom stereocenters. The maximum atomic E-state index is 5.03. The topological polar surface area (TPSA) is 38.7 Å². The van der Waals surface area contributed by atoms with E-state index in [0.717, 1.165) is 28.3 Å². The van der Waals surface area contributed by atoms with Gasteiger partial charge in [0.25, 0.3) is 0 Å². The highest BCUT2D eigenvalue weighted by atomic mass is 14.9. The third-order valence-electron chi connectivity index (χ3n) is 10.8. The number of nitrogens with zero attached hydrogens (tertiary/aromatic N) is 3. The summed E-state index contributed by atoms with van der Waals surface area (Å²) in [7, 11) is 0. The van der Waals surface area contributed by atoms with Gasteiger partial charge in [0.05, 0.1) is 16.8 Å². The molecule has 6 aromatic carbocycles. The maximum absolute atomic E-state index is 5.03. The minimum atomic E-state index is -0.450. The Bertz CT molecular complexity index is 2630. The van der Waals surface area contributed by atoms with Gasteiger partial charge in [-0.1, -0.05) is 121 Å². The van der Waals surface area contributed by atoms with Crippen LogP contribution in [0.4, 0.5) is 0 Å². The van der Waals surface area contributed by atoms with E-state index >= 15 is 0 Å². The van der Waals surface area contributed by atoms with Gasteiger partial charge in [-0.05, 0) is 117 Å². The zero-order chi connectivity index (χ0) is 34.1. The molecule has 2 aliphatic rings. The van der Waals surface area contributed by atoms with Gasteiger partial charge in [-0.2, -0.15) is 0 Å². The Morgan fingerprint density at radius 3 is 1.75 bits per heavy atom. The van der Waals surface area contributed by atoms with E-state index in [4.69, 9.17) is 9.97 Å². The van der Waals surface area contributed by atoms with E-state index in [2.05, 4.69) is 164 Å². The Morgan fingerprint density at radius 2 is 1.00 bits per heavy atom. The van der Waals surface area contributed by atoms with Crippen LogP contribution in [0.15, 0.2) is 164 Å². The fourth-order valence-corrected chi connectivity index (χ4v) is 8.62. The summed E-state index contributed by atoms with van der Waals surface area (Å²) in [5.74, 6) is 0.750. The molecule has 3 nitrogen and oxygen atoms in total. The molecule has 0 saturated heterocycles. The summed E-state index contributed by atoms with van der Waals surface area (Å²) in [5.41, 5.74) is 19.9. The Balaban J connectivity index is 1.19. The van der Waals surface area contributed by atoms with Crippen molar-refractivity contribution >= 4 is 0 Å². The first-order valence-corrected chi connectivity index (χ1v) is 17.5. The molecular weight excluding hydrogens is 619 g/mol. The van der Waals surface area contributed by atoms with Gasteiger partial charge < -0.3 is 0 Å². The molecule has 10 rings (SSSR count). The van der Waals surface area contributed by atoms with E-state index in [-0.39, 0.29) is 0 Å². The van der Waals surface area contributed by atoms with E-state index in [1.165, 1.54) is 72.3 Å². The van der Waals surface area contributed by atoms with Crippen LogP contribution < -0.4 is 0 Å². The zero-order valence-electron chi connectivity index (χ0n) is 28.4. The fourth-order valence-electron chi connectivity index (χ4n) is 8.62. The number of fused-ring (bicyclic) bond motifs is 10. The standard InChI is InChI=1S/C48H33N3/c1-30-29-49-24-23-37(30)34-20-22-44-41(26-34)40-21-19-36(27-45(40)48(44)42-17-8-6-15-38(42)39-16-7-9-18-43(39)48)47-28-46(50-31(2)51-47)35-14-10-13-33(25-35)32-11-4-3-5-12-32/h3-29H,1-2H3. The molecule has 8 aromatic rings. The highest BCUT2D eigenvalue weighted by Gasteiger charge is 2.51. The summed E-state index contributed by atoms with van der Waals surface area (Å²) in [6, 6.07) is 55.3. The van der Waals surface area contributed by atoms with Crippen molar-refractivity contribution in [2.75, 3.05) is 0 Å². The van der Waals surface area contributed by atoms with Gasteiger partial charge in [0, 0.05) is 23.5 Å². The van der Waals surface area contributed by atoms with Gasteiger partial charge in [-0.3, -0.25) is 4.98 Å². The van der Waals surface area contributed by atoms with E-state index in [1.807, 2.05) is 19.3 Å². The quantitative estimate of drug-likeness (QED) is 0.190. The lowest BCUT2D eigenvalue weighted by molar-refractivity contribution is 0.794. The number of hydrogen-bond donors (Lipinski definition) is 0. The van der Waals surface area contributed by atoms with Crippen LogP contribution in [0.3, 0.4) is 0 Å². The SMILES string of the molecule is Cc1nc(-c2cccc(-c3ccccc3)c2)cc(-c2ccc3c(c2)C2(c4ccccc4-c4ccccc42)c2ccc(-c4ccncc4C)cc2-3)n1. The highest BCUT2D eigenvalue weighted by molar-refractivity contribution is 5.97. The minimum Gasteiger partial charge on any atom is -0.264 e. The molecule has 0 atom stereocenters. The Kier molecular flexibility index (Phi) is 6.53. The smallest absolute Gasteiger partial charge is 0.126 e. The number of benzene rings is 6. The second-order valence-corrected chi connectivity index (χ2v) is 13.7. The number of aromatic nitrogens is 3. The second kappa shape index (κ2) is 11.3. The first-order valence-electron chi connectivity index (χ1n) is 17.5. The highest BCUT2D eigenvalue weighted by Crippen LogP contribution is 2.63. The number of hydrogen-bond acceptors (Lipinski definition) is 3. The predicted octanol–water partition coefficient (Wildman–Crippen LogP) is 11.5. The molecule has 2 aromatic heterocycles. The van der Waals surface area contributed by atoms with E-state index in [0.29, 0.717) is 0 Å². The summed E-state index contributed by atoms with van der Waals surface area (Å²) < 4.78 is 0. The van der Waals surface area contributed by atoms with Crippen LogP contribution >= 0.6 is 0 Å². The van der Waals surface area contributed by atoms with Crippen molar-refractivity contribution in [2.45, 2.75) is 19.3 Å². The lowest BCUT2D eigenvalue weighted by Crippen LogP contribution is -2.25. The maximum Gasteiger partial charge on any atom is 0.126 e. The molecule has 0 amide bonds. The molecule has 0 aliphatic heterocycles.